The Morgan fingerprint density at radius 1 is 0.880 bits per heavy atom. The number of benzene rings is 2. The molecule has 130 valence electrons. The number of amides is 1. The normalized spacial score (nSPS) is 15.6. The largest absolute Gasteiger partial charge is 0.321 e. The van der Waals surface area contributed by atoms with Gasteiger partial charge < -0.3 is 5.32 Å². The maximum Gasteiger partial charge on any atom is 0.273 e. The van der Waals surface area contributed by atoms with Crippen molar-refractivity contribution in [1.82, 2.24) is 4.90 Å². The lowest BCUT2D eigenvalue weighted by Gasteiger charge is -2.26. The standard InChI is InChI=1S/C20H24N4O/c25-20(21-17-10-4-1-5-11-17)19(16-24-14-8-3-9-15-24)23-22-18-12-6-2-7-13-18/h1-2,4-7,10-13,22H,3,8-9,14-16H2,(H,21,25)/b23-19+. The van der Waals surface area contributed by atoms with Crippen LogP contribution in [-0.2, 0) is 4.79 Å². The number of carbonyl (C=O) groups is 1. The molecular formula is C20H24N4O. The number of anilines is 2. The van der Waals surface area contributed by atoms with Gasteiger partial charge in [-0.3, -0.25) is 15.1 Å². The minimum absolute atomic E-state index is 0.166. The van der Waals surface area contributed by atoms with E-state index in [0.29, 0.717) is 12.3 Å². The number of nitrogens with zero attached hydrogens (tertiary/aromatic N) is 2. The molecule has 0 spiro atoms. The first kappa shape index (κ1) is 17.2. The summed E-state index contributed by atoms with van der Waals surface area (Å²) in [5.74, 6) is -0.166. The molecule has 3 rings (SSSR count). The van der Waals surface area contributed by atoms with Crippen LogP contribution >= 0.6 is 0 Å². The number of piperidine rings is 1. The molecule has 1 fully saturated rings. The number of nitrogens with one attached hydrogen (secondary N) is 2. The maximum absolute atomic E-state index is 12.7. The molecule has 0 radical (unpaired) electrons. The third kappa shape index (κ3) is 5.43. The zero-order chi connectivity index (χ0) is 17.3. The number of hydrogen-bond donors (Lipinski definition) is 2. The lowest BCUT2D eigenvalue weighted by atomic mass is 10.1. The summed E-state index contributed by atoms with van der Waals surface area (Å²) in [5.41, 5.74) is 5.14. The van der Waals surface area contributed by atoms with E-state index in [1.165, 1.54) is 19.3 Å². The summed E-state index contributed by atoms with van der Waals surface area (Å²) < 4.78 is 0. The fourth-order valence-corrected chi connectivity index (χ4v) is 2.86. The van der Waals surface area contributed by atoms with Crippen LogP contribution in [0.5, 0.6) is 0 Å². The Morgan fingerprint density at radius 2 is 1.48 bits per heavy atom. The number of rotatable bonds is 6. The summed E-state index contributed by atoms with van der Waals surface area (Å²) in [6.07, 6.45) is 3.63. The van der Waals surface area contributed by atoms with Crippen LogP contribution < -0.4 is 10.7 Å². The number of hydrazone groups is 1. The molecule has 1 saturated heterocycles. The van der Waals surface area contributed by atoms with E-state index < -0.39 is 0 Å². The highest BCUT2D eigenvalue weighted by atomic mass is 16.2. The van der Waals surface area contributed by atoms with Crippen molar-refractivity contribution in [2.24, 2.45) is 5.10 Å². The Morgan fingerprint density at radius 3 is 2.12 bits per heavy atom. The molecule has 2 aromatic carbocycles. The first-order chi connectivity index (χ1) is 12.3. The van der Waals surface area contributed by atoms with Crippen LogP contribution in [0.15, 0.2) is 65.8 Å². The Balaban J connectivity index is 1.71. The Labute approximate surface area is 148 Å². The van der Waals surface area contributed by atoms with Gasteiger partial charge in [0.15, 0.2) is 0 Å². The first-order valence-corrected chi connectivity index (χ1v) is 8.77. The summed E-state index contributed by atoms with van der Waals surface area (Å²) in [7, 11) is 0. The van der Waals surface area contributed by atoms with Gasteiger partial charge >= 0.3 is 0 Å². The lowest BCUT2D eigenvalue weighted by molar-refractivity contribution is -0.110. The predicted octanol–water partition coefficient (Wildman–Crippen LogP) is 3.58. The second kappa shape index (κ2) is 8.99. The molecule has 2 aromatic rings. The van der Waals surface area contributed by atoms with Gasteiger partial charge in [-0.1, -0.05) is 42.8 Å². The summed E-state index contributed by atoms with van der Waals surface area (Å²) in [4.78, 5) is 15.0. The minimum Gasteiger partial charge on any atom is -0.321 e. The van der Waals surface area contributed by atoms with Crippen LogP contribution in [0.3, 0.4) is 0 Å². The third-order valence-corrected chi connectivity index (χ3v) is 4.21. The average Bonchev–Trinajstić information content (AvgIpc) is 2.67. The van der Waals surface area contributed by atoms with E-state index in [1.54, 1.807) is 0 Å². The van der Waals surface area contributed by atoms with E-state index in [0.717, 1.165) is 24.5 Å². The van der Waals surface area contributed by atoms with Gasteiger partial charge in [0.1, 0.15) is 5.71 Å². The van der Waals surface area contributed by atoms with E-state index in [4.69, 9.17) is 0 Å². The molecule has 1 aliphatic rings. The van der Waals surface area contributed by atoms with Crippen molar-refractivity contribution >= 4 is 23.0 Å². The molecule has 1 aliphatic heterocycles. The molecule has 2 N–H and O–H groups in total. The van der Waals surface area contributed by atoms with Crippen molar-refractivity contribution in [2.45, 2.75) is 19.3 Å². The molecule has 0 aliphatic carbocycles. The minimum atomic E-state index is -0.166. The van der Waals surface area contributed by atoms with Crippen molar-refractivity contribution in [1.29, 1.82) is 0 Å². The molecule has 0 saturated carbocycles. The highest BCUT2D eigenvalue weighted by Gasteiger charge is 2.18. The molecule has 0 aromatic heterocycles. The number of likely N-dealkylation sites (tertiary alicyclic amines) is 1. The highest BCUT2D eigenvalue weighted by molar-refractivity contribution is 6.43. The van der Waals surface area contributed by atoms with Crippen molar-refractivity contribution in [2.75, 3.05) is 30.4 Å². The third-order valence-electron chi connectivity index (χ3n) is 4.21. The Kier molecular flexibility index (Phi) is 6.17. The average molecular weight is 336 g/mol. The zero-order valence-corrected chi connectivity index (χ0v) is 14.3. The van der Waals surface area contributed by atoms with Gasteiger partial charge in [-0.15, -0.1) is 0 Å². The molecule has 1 amide bonds. The van der Waals surface area contributed by atoms with Crippen molar-refractivity contribution in [3.63, 3.8) is 0 Å². The number of hydrogen-bond acceptors (Lipinski definition) is 4. The maximum atomic E-state index is 12.7. The molecule has 25 heavy (non-hydrogen) atoms. The van der Waals surface area contributed by atoms with Gasteiger partial charge in [0, 0.05) is 12.2 Å². The summed E-state index contributed by atoms with van der Waals surface area (Å²) in [6, 6.07) is 19.2. The van der Waals surface area contributed by atoms with E-state index in [-0.39, 0.29) is 5.91 Å². The second-order valence-corrected chi connectivity index (χ2v) is 6.19. The summed E-state index contributed by atoms with van der Waals surface area (Å²) in [5, 5.41) is 7.33. The fourth-order valence-electron chi connectivity index (χ4n) is 2.86. The van der Waals surface area contributed by atoms with Crippen LogP contribution in [0.2, 0.25) is 0 Å². The quantitative estimate of drug-likeness (QED) is 0.626. The number of para-hydroxylation sites is 2. The van der Waals surface area contributed by atoms with E-state index in [9.17, 15) is 4.79 Å². The summed E-state index contributed by atoms with van der Waals surface area (Å²) in [6.45, 7) is 2.59. The predicted molar refractivity (Wildman–Crippen MR) is 103 cm³/mol. The first-order valence-electron chi connectivity index (χ1n) is 8.77. The van der Waals surface area contributed by atoms with Gasteiger partial charge in [-0.25, -0.2) is 0 Å². The number of carbonyl (C=O) groups excluding carboxylic acids is 1. The summed E-state index contributed by atoms with van der Waals surface area (Å²) >= 11 is 0. The molecule has 5 heteroatoms. The molecule has 0 atom stereocenters. The van der Waals surface area contributed by atoms with Crippen molar-refractivity contribution in [3.8, 4) is 0 Å². The van der Waals surface area contributed by atoms with Crippen LogP contribution in [0.25, 0.3) is 0 Å². The molecule has 1 heterocycles. The zero-order valence-electron chi connectivity index (χ0n) is 14.3. The van der Waals surface area contributed by atoms with Crippen molar-refractivity contribution in [3.05, 3.63) is 60.7 Å². The van der Waals surface area contributed by atoms with Crippen molar-refractivity contribution < 1.29 is 4.79 Å². The van der Waals surface area contributed by atoms with Gasteiger partial charge in [0.05, 0.1) is 5.69 Å². The van der Waals surface area contributed by atoms with Gasteiger partial charge in [0.2, 0.25) is 0 Å². The van der Waals surface area contributed by atoms with Crippen LogP contribution in [0, 0.1) is 0 Å². The van der Waals surface area contributed by atoms with E-state index in [2.05, 4.69) is 20.7 Å². The van der Waals surface area contributed by atoms with Gasteiger partial charge in [0.25, 0.3) is 5.91 Å². The monoisotopic (exact) mass is 336 g/mol. The SMILES string of the molecule is O=C(Nc1ccccc1)/C(CN1CCCCC1)=N/Nc1ccccc1. The lowest BCUT2D eigenvalue weighted by Crippen LogP contribution is -2.39. The van der Waals surface area contributed by atoms with Gasteiger partial charge in [-0.2, -0.15) is 5.10 Å². The van der Waals surface area contributed by atoms with Crippen LogP contribution in [-0.4, -0.2) is 36.2 Å². The Hall–Kier alpha value is -2.66. The molecular weight excluding hydrogens is 312 g/mol. The Bertz CT molecular complexity index is 694. The smallest absolute Gasteiger partial charge is 0.273 e. The van der Waals surface area contributed by atoms with Crippen LogP contribution in [0.1, 0.15) is 19.3 Å². The molecule has 5 nitrogen and oxygen atoms in total. The second-order valence-electron chi connectivity index (χ2n) is 6.19. The van der Waals surface area contributed by atoms with Gasteiger partial charge in [-0.05, 0) is 50.2 Å². The fraction of sp³-hybridized carbons (Fsp3) is 0.300. The highest BCUT2D eigenvalue weighted by Crippen LogP contribution is 2.11. The van der Waals surface area contributed by atoms with E-state index >= 15 is 0 Å². The van der Waals surface area contributed by atoms with E-state index in [1.807, 2.05) is 60.7 Å². The topological polar surface area (TPSA) is 56.7 Å². The molecule has 0 bridgehead atoms. The molecule has 0 unspecified atom stereocenters. The van der Waals surface area contributed by atoms with Crippen LogP contribution in [0.4, 0.5) is 11.4 Å².